The fourth-order valence-electron chi connectivity index (χ4n) is 2.90. The van der Waals surface area contributed by atoms with E-state index in [0.29, 0.717) is 17.5 Å². The van der Waals surface area contributed by atoms with E-state index in [9.17, 15) is 19.5 Å². The minimum Gasteiger partial charge on any atom is -0.506 e. The average Bonchev–Trinajstić information content (AvgIpc) is 2.75. The van der Waals surface area contributed by atoms with Crippen molar-refractivity contribution in [1.29, 1.82) is 0 Å². The Morgan fingerprint density at radius 1 is 1.18 bits per heavy atom. The maximum absolute atomic E-state index is 12.0. The van der Waals surface area contributed by atoms with E-state index in [4.69, 9.17) is 0 Å². The van der Waals surface area contributed by atoms with E-state index >= 15 is 0 Å². The monoisotopic (exact) mass is 317 g/mol. The van der Waals surface area contributed by atoms with Crippen LogP contribution in [-0.2, 0) is 16.6 Å². The Balaban J connectivity index is 2.28. The van der Waals surface area contributed by atoms with Gasteiger partial charge >= 0.3 is 4.87 Å². The molecular formula is C16H15NO4S. The smallest absolute Gasteiger partial charge is 0.307 e. The first-order valence-corrected chi connectivity index (χ1v) is 7.82. The maximum Gasteiger partial charge on any atom is 0.307 e. The van der Waals surface area contributed by atoms with Crippen LogP contribution in [0.2, 0.25) is 0 Å². The van der Waals surface area contributed by atoms with Crippen LogP contribution in [0.4, 0.5) is 0 Å². The Hall–Kier alpha value is -2.21. The molecule has 2 aromatic rings. The molecule has 0 amide bonds. The first-order valence-electron chi connectivity index (χ1n) is 7.01. The molecule has 0 bridgehead atoms. The number of aliphatic hydroxyl groups excluding tert-OH is 1. The van der Waals surface area contributed by atoms with Crippen molar-refractivity contribution in [2.24, 2.45) is 7.05 Å². The van der Waals surface area contributed by atoms with Gasteiger partial charge in [-0.3, -0.25) is 14.4 Å². The second-order valence-corrected chi connectivity index (χ2v) is 6.43. The van der Waals surface area contributed by atoms with E-state index in [0.717, 1.165) is 21.6 Å². The summed E-state index contributed by atoms with van der Waals surface area (Å²) < 4.78 is 2.33. The zero-order valence-electron chi connectivity index (χ0n) is 12.3. The molecule has 0 saturated heterocycles. The molecule has 0 atom stereocenters. The zero-order valence-corrected chi connectivity index (χ0v) is 13.1. The quantitative estimate of drug-likeness (QED) is 0.498. The van der Waals surface area contributed by atoms with E-state index in [-0.39, 0.29) is 40.6 Å². The molecule has 22 heavy (non-hydrogen) atoms. The summed E-state index contributed by atoms with van der Waals surface area (Å²) in [5, 5.41) is 10.5. The molecule has 0 aliphatic heterocycles. The Morgan fingerprint density at radius 2 is 1.82 bits per heavy atom. The summed E-state index contributed by atoms with van der Waals surface area (Å²) in [5.74, 6) is -0.896. The van der Waals surface area contributed by atoms with Crippen molar-refractivity contribution < 1.29 is 14.7 Å². The van der Waals surface area contributed by atoms with Gasteiger partial charge in [0.1, 0.15) is 11.3 Å². The van der Waals surface area contributed by atoms with Gasteiger partial charge in [-0.2, -0.15) is 0 Å². The highest BCUT2D eigenvalue weighted by atomic mass is 32.1. The van der Waals surface area contributed by atoms with Crippen LogP contribution in [0.15, 0.2) is 22.5 Å². The predicted molar refractivity (Wildman–Crippen MR) is 85.2 cm³/mol. The van der Waals surface area contributed by atoms with Crippen molar-refractivity contribution in [1.82, 2.24) is 4.57 Å². The van der Waals surface area contributed by atoms with Crippen LogP contribution < -0.4 is 4.87 Å². The van der Waals surface area contributed by atoms with Gasteiger partial charge in [0.15, 0.2) is 11.6 Å². The maximum atomic E-state index is 12.0. The van der Waals surface area contributed by atoms with Gasteiger partial charge in [0.25, 0.3) is 0 Å². The number of Topliss-reactive ketones (excluding diaryl/α,β-unsaturated/α-hetero) is 2. The number of allylic oxidation sites excluding steroid dienone is 1. The number of nitrogens with zero attached hydrogens (tertiary/aromatic N) is 1. The number of ketones is 2. The highest BCUT2D eigenvalue weighted by Crippen LogP contribution is 2.30. The van der Waals surface area contributed by atoms with Crippen molar-refractivity contribution in [2.75, 3.05) is 0 Å². The van der Waals surface area contributed by atoms with Gasteiger partial charge in [-0.1, -0.05) is 11.3 Å². The Labute approximate surface area is 130 Å². The zero-order chi connectivity index (χ0) is 16.0. The molecule has 1 aromatic carbocycles. The number of aryl methyl sites for hydroxylation is 2. The summed E-state index contributed by atoms with van der Waals surface area (Å²) in [6.45, 7) is 1.78. The molecule has 1 aliphatic rings. The second-order valence-electron chi connectivity index (χ2n) is 5.44. The van der Waals surface area contributed by atoms with Crippen LogP contribution in [0.3, 0.4) is 0 Å². The van der Waals surface area contributed by atoms with E-state index in [1.165, 1.54) is 4.57 Å². The molecule has 114 valence electrons. The van der Waals surface area contributed by atoms with Crippen molar-refractivity contribution >= 4 is 38.9 Å². The third kappa shape index (κ3) is 2.11. The Morgan fingerprint density at radius 3 is 2.45 bits per heavy atom. The van der Waals surface area contributed by atoms with Crippen LogP contribution >= 0.6 is 11.3 Å². The molecule has 1 aromatic heterocycles. The highest BCUT2D eigenvalue weighted by molar-refractivity contribution is 7.16. The minimum atomic E-state index is -0.313. The summed E-state index contributed by atoms with van der Waals surface area (Å²) in [7, 11) is 1.67. The van der Waals surface area contributed by atoms with Gasteiger partial charge in [-0.25, -0.2) is 0 Å². The largest absolute Gasteiger partial charge is 0.506 e. The summed E-state index contributed by atoms with van der Waals surface area (Å²) in [5.41, 5.74) is 1.73. The van der Waals surface area contributed by atoms with Crippen molar-refractivity contribution in [2.45, 2.75) is 26.2 Å². The molecule has 6 heteroatoms. The lowest BCUT2D eigenvalue weighted by Gasteiger charge is -2.15. The third-order valence-electron chi connectivity index (χ3n) is 4.06. The molecule has 1 fully saturated rings. The predicted octanol–water partition coefficient (Wildman–Crippen LogP) is 2.50. The topological polar surface area (TPSA) is 76.4 Å². The van der Waals surface area contributed by atoms with E-state index in [1.54, 1.807) is 26.1 Å². The Bertz CT molecular complexity index is 883. The lowest BCUT2D eigenvalue weighted by molar-refractivity contribution is -0.123. The van der Waals surface area contributed by atoms with Gasteiger partial charge < -0.3 is 9.67 Å². The summed E-state index contributed by atoms with van der Waals surface area (Å²) >= 11 is 1.13. The van der Waals surface area contributed by atoms with Crippen molar-refractivity contribution in [3.63, 3.8) is 0 Å². The van der Waals surface area contributed by atoms with Crippen LogP contribution in [-0.4, -0.2) is 21.2 Å². The van der Waals surface area contributed by atoms with Gasteiger partial charge in [-0.15, -0.1) is 0 Å². The van der Waals surface area contributed by atoms with Gasteiger partial charge in [0.05, 0.1) is 10.2 Å². The standard InChI is InChI=1S/C16H15NO4S/c1-8-9(6-7-12-14(8)17(2)16(21)22-12)15(20)13-10(18)4-3-5-11(13)19/h6-7,20H,3-5H2,1-2H3. The second kappa shape index (κ2) is 5.21. The van der Waals surface area contributed by atoms with Crippen LogP contribution in [0.25, 0.3) is 16.0 Å². The number of benzene rings is 1. The van der Waals surface area contributed by atoms with E-state index < -0.39 is 0 Å². The van der Waals surface area contributed by atoms with Gasteiger partial charge in [0, 0.05) is 25.5 Å². The number of aliphatic hydroxyl groups is 1. The lowest BCUT2D eigenvalue weighted by Crippen LogP contribution is -2.20. The number of rotatable bonds is 1. The number of carbonyl (C=O) groups is 2. The number of thiazole rings is 1. The summed E-state index contributed by atoms with van der Waals surface area (Å²) in [6, 6.07) is 3.39. The summed E-state index contributed by atoms with van der Waals surface area (Å²) in [4.78, 5) is 35.6. The number of hydrogen-bond acceptors (Lipinski definition) is 5. The van der Waals surface area contributed by atoms with Crippen LogP contribution in [0.1, 0.15) is 30.4 Å². The molecular weight excluding hydrogens is 302 g/mol. The number of carbonyl (C=O) groups excluding carboxylic acids is 2. The molecule has 1 saturated carbocycles. The molecule has 1 N–H and O–H groups in total. The fraction of sp³-hybridized carbons (Fsp3) is 0.312. The van der Waals surface area contributed by atoms with Crippen LogP contribution in [0, 0.1) is 6.92 Å². The number of aromatic nitrogens is 1. The molecule has 3 rings (SSSR count). The first-order chi connectivity index (χ1) is 10.4. The van der Waals surface area contributed by atoms with Crippen molar-refractivity contribution in [3.8, 4) is 0 Å². The summed E-state index contributed by atoms with van der Waals surface area (Å²) in [6.07, 6.45) is 1.10. The third-order valence-corrected chi connectivity index (χ3v) is 5.06. The molecule has 1 aliphatic carbocycles. The highest BCUT2D eigenvalue weighted by Gasteiger charge is 2.28. The molecule has 5 nitrogen and oxygen atoms in total. The molecule has 0 radical (unpaired) electrons. The van der Waals surface area contributed by atoms with Crippen LogP contribution in [0.5, 0.6) is 0 Å². The Kier molecular flexibility index (Phi) is 3.48. The normalized spacial score (nSPS) is 15.6. The van der Waals surface area contributed by atoms with Gasteiger partial charge in [-0.05, 0) is 31.0 Å². The number of hydrogen-bond donors (Lipinski definition) is 1. The van der Waals surface area contributed by atoms with Gasteiger partial charge in [0.2, 0.25) is 0 Å². The molecule has 0 spiro atoms. The molecule has 1 heterocycles. The molecule has 0 unspecified atom stereocenters. The minimum absolute atomic E-state index is 0.0905. The first kappa shape index (κ1) is 14.7. The number of fused-ring (bicyclic) bond motifs is 1. The SMILES string of the molecule is Cc1c(C(O)=C2C(=O)CCCC2=O)ccc2sc(=O)n(C)c12. The van der Waals surface area contributed by atoms with E-state index in [1.807, 2.05) is 0 Å². The lowest BCUT2D eigenvalue weighted by atomic mass is 9.89. The fourth-order valence-corrected chi connectivity index (χ4v) is 3.84. The van der Waals surface area contributed by atoms with Crippen molar-refractivity contribution in [3.05, 3.63) is 38.5 Å². The van der Waals surface area contributed by atoms with E-state index in [2.05, 4.69) is 0 Å². The average molecular weight is 317 g/mol.